The molecule has 0 rings (SSSR count). The Labute approximate surface area is 92.9 Å². The van der Waals surface area contributed by atoms with E-state index in [-0.39, 0.29) is 0 Å². The Bertz CT molecular complexity index is 306. The second-order valence-corrected chi connectivity index (χ2v) is 11.9. The molecule has 0 bridgehead atoms. The van der Waals surface area contributed by atoms with Crippen molar-refractivity contribution in [2.75, 3.05) is 24.0 Å². The van der Waals surface area contributed by atoms with Crippen molar-refractivity contribution in [1.82, 2.24) is 0 Å². The van der Waals surface area contributed by atoms with Gasteiger partial charge in [-0.1, -0.05) is 0 Å². The summed E-state index contributed by atoms with van der Waals surface area (Å²) in [6.45, 7) is 0. The van der Waals surface area contributed by atoms with Crippen molar-refractivity contribution in [3.05, 3.63) is 0 Å². The fraction of sp³-hybridized carbons (Fsp3) is 1.00. The van der Waals surface area contributed by atoms with E-state index < -0.39 is 17.7 Å². The number of hydrogen-bond acceptors (Lipinski definition) is 6. The molecule has 0 aliphatic carbocycles. The first-order chi connectivity index (χ1) is 6.21. The molecule has 4 nitrogen and oxygen atoms in total. The molecule has 0 aliphatic rings. The molecule has 0 unspecified atom stereocenters. The van der Waals surface area contributed by atoms with Gasteiger partial charge in [-0.2, -0.15) is 0 Å². The van der Waals surface area contributed by atoms with E-state index in [9.17, 15) is 16.8 Å². The average molecular weight is 278 g/mol. The van der Waals surface area contributed by atoms with Crippen LogP contribution in [0.2, 0.25) is 0 Å². The summed E-state index contributed by atoms with van der Waals surface area (Å²) < 4.78 is 42.7. The monoisotopic (exact) mass is 278 g/mol. The zero-order valence-electron chi connectivity index (χ0n) is 8.09. The molecule has 0 atom stereocenters. The molecule has 0 N–H and O–H groups in total. The Balaban J connectivity index is 3.41. The highest BCUT2D eigenvalue weighted by Gasteiger charge is 2.04. The highest BCUT2D eigenvalue weighted by atomic mass is 33.1. The van der Waals surface area contributed by atoms with Crippen LogP contribution in [-0.2, 0) is 17.7 Å². The van der Waals surface area contributed by atoms with Gasteiger partial charge in [0.1, 0.15) is 0 Å². The van der Waals surface area contributed by atoms with Crippen LogP contribution in [0.25, 0.3) is 0 Å². The maximum Gasteiger partial charge on any atom is 0.198 e. The van der Waals surface area contributed by atoms with Gasteiger partial charge in [0.25, 0.3) is 0 Å². The van der Waals surface area contributed by atoms with Gasteiger partial charge in [-0.25, -0.2) is 16.8 Å². The Morgan fingerprint density at radius 3 is 1.29 bits per heavy atom. The van der Waals surface area contributed by atoms with E-state index in [4.69, 9.17) is 0 Å². The second kappa shape index (κ2) is 6.24. The van der Waals surface area contributed by atoms with Gasteiger partial charge in [0.2, 0.25) is 0 Å². The van der Waals surface area contributed by atoms with Gasteiger partial charge in [0, 0.05) is 24.0 Å². The highest BCUT2D eigenvalue weighted by Crippen LogP contribution is 2.15. The lowest BCUT2D eigenvalue weighted by atomic mass is 10.4. The van der Waals surface area contributed by atoms with Gasteiger partial charge in [0.05, 0.1) is 0 Å². The molecule has 0 saturated carbocycles. The zero-order chi connectivity index (χ0) is 11.2. The van der Waals surface area contributed by atoms with E-state index in [0.29, 0.717) is 11.5 Å². The molecular weight excluding hydrogens is 264 g/mol. The SMILES string of the molecule is CS(=O)(=O)SCCCCSS(C)(=O)=O. The summed E-state index contributed by atoms with van der Waals surface area (Å²) >= 11 is 0. The van der Waals surface area contributed by atoms with Crippen LogP contribution in [0.5, 0.6) is 0 Å². The maximum atomic E-state index is 10.7. The Kier molecular flexibility index (Phi) is 6.51. The second-order valence-electron chi connectivity index (χ2n) is 2.76. The van der Waals surface area contributed by atoms with E-state index in [1.165, 1.54) is 12.5 Å². The normalized spacial score (nSPS) is 13.0. The maximum absolute atomic E-state index is 10.7. The van der Waals surface area contributed by atoms with Crippen molar-refractivity contribution >= 4 is 39.3 Å². The minimum absolute atomic E-state index is 0.531. The molecule has 0 aliphatic heterocycles. The summed E-state index contributed by atoms with van der Waals surface area (Å²) in [5.74, 6) is 1.06. The van der Waals surface area contributed by atoms with Crippen LogP contribution in [0.1, 0.15) is 12.8 Å². The summed E-state index contributed by atoms with van der Waals surface area (Å²) in [6, 6.07) is 0. The molecule has 14 heavy (non-hydrogen) atoms. The third-order valence-electron chi connectivity index (χ3n) is 1.13. The lowest BCUT2D eigenvalue weighted by molar-refractivity contribution is 0.613. The lowest BCUT2D eigenvalue weighted by Gasteiger charge is -1.99. The smallest absolute Gasteiger partial charge is 0.198 e. The largest absolute Gasteiger partial charge is 0.218 e. The Hall–Kier alpha value is 0.600. The third-order valence-corrected chi connectivity index (χ3v) is 6.47. The molecular formula is C6H14O4S4. The van der Waals surface area contributed by atoms with Gasteiger partial charge in [0.15, 0.2) is 17.7 Å². The van der Waals surface area contributed by atoms with E-state index in [2.05, 4.69) is 0 Å². The summed E-state index contributed by atoms with van der Waals surface area (Å²) in [5.41, 5.74) is 0. The predicted octanol–water partition coefficient (Wildman–Crippen LogP) is 1.15. The molecule has 0 amide bonds. The van der Waals surface area contributed by atoms with Gasteiger partial charge in [-0.05, 0) is 34.4 Å². The molecule has 8 heteroatoms. The Morgan fingerprint density at radius 1 is 0.786 bits per heavy atom. The average Bonchev–Trinajstić information content (AvgIpc) is 1.92. The fourth-order valence-electron chi connectivity index (χ4n) is 0.625. The topological polar surface area (TPSA) is 68.3 Å². The van der Waals surface area contributed by atoms with Crippen LogP contribution in [0.4, 0.5) is 0 Å². The van der Waals surface area contributed by atoms with Crippen LogP contribution in [0.15, 0.2) is 0 Å². The number of unbranched alkanes of at least 4 members (excludes halogenated alkanes) is 1. The van der Waals surface area contributed by atoms with Crippen molar-refractivity contribution in [1.29, 1.82) is 0 Å². The number of hydrogen-bond donors (Lipinski definition) is 0. The highest BCUT2D eigenvalue weighted by molar-refractivity contribution is 8.72. The van der Waals surface area contributed by atoms with Crippen molar-refractivity contribution in [3.63, 3.8) is 0 Å². The molecule has 0 aromatic heterocycles. The standard InChI is InChI=1S/C6H14O4S4/c1-13(7,8)11-5-3-4-6-12-14(2,9)10/h3-6H2,1-2H3. The zero-order valence-corrected chi connectivity index (χ0v) is 11.4. The molecule has 0 aromatic carbocycles. The minimum atomic E-state index is -2.95. The summed E-state index contributed by atoms with van der Waals surface area (Å²) in [6.07, 6.45) is 3.78. The first kappa shape index (κ1) is 14.6. The molecule has 0 heterocycles. The van der Waals surface area contributed by atoms with Gasteiger partial charge in [-0.3, -0.25) is 0 Å². The molecule has 0 radical (unpaired) electrons. The van der Waals surface area contributed by atoms with E-state index in [1.807, 2.05) is 0 Å². The summed E-state index contributed by atoms with van der Waals surface area (Å²) in [4.78, 5) is 0. The van der Waals surface area contributed by atoms with E-state index in [0.717, 1.165) is 34.4 Å². The van der Waals surface area contributed by atoms with Crippen LogP contribution in [0, 0.1) is 0 Å². The molecule has 86 valence electrons. The van der Waals surface area contributed by atoms with Crippen LogP contribution < -0.4 is 0 Å². The van der Waals surface area contributed by atoms with Crippen molar-refractivity contribution in [3.8, 4) is 0 Å². The third kappa shape index (κ3) is 12.6. The predicted molar refractivity (Wildman–Crippen MR) is 63.8 cm³/mol. The van der Waals surface area contributed by atoms with E-state index >= 15 is 0 Å². The first-order valence-electron chi connectivity index (χ1n) is 3.89. The molecule has 0 saturated heterocycles. The first-order valence-corrected chi connectivity index (χ1v) is 10.7. The van der Waals surface area contributed by atoms with Crippen LogP contribution >= 0.6 is 21.6 Å². The van der Waals surface area contributed by atoms with Gasteiger partial charge < -0.3 is 0 Å². The lowest BCUT2D eigenvalue weighted by Crippen LogP contribution is -1.94. The quantitative estimate of drug-likeness (QED) is 0.514. The van der Waals surface area contributed by atoms with Crippen LogP contribution in [-0.4, -0.2) is 40.9 Å². The molecule has 0 aromatic rings. The fourth-order valence-corrected chi connectivity index (χ4v) is 4.40. The van der Waals surface area contributed by atoms with Crippen molar-refractivity contribution < 1.29 is 16.8 Å². The van der Waals surface area contributed by atoms with Gasteiger partial charge in [-0.15, -0.1) is 0 Å². The van der Waals surface area contributed by atoms with Crippen molar-refractivity contribution in [2.45, 2.75) is 12.8 Å². The van der Waals surface area contributed by atoms with Crippen molar-refractivity contribution in [2.24, 2.45) is 0 Å². The van der Waals surface area contributed by atoms with Gasteiger partial charge >= 0.3 is 0 Å². The van der Waals surface area contributed by atoms with Crippen LogP contribution in [0.3, 0.4) is 0 Å². The minimum Gasteiger partial charge on any atom is -0.218 e. The summed E-state index contributed by atoms with van der Waals surface area (Å²) in [7, 11) is -4.09. The van der Waals surface area contributed by atoms with E-state index in [1.54, 1.807) is 0 Å². The molecule has 0 spiro atoms. The molecule has 0 fully saturated rings. The number of rotatable bonds is 7. The summed E-state index contributed by atoms with van der Waals surface area (Å²) in [5, 5.41) is 0. The Morgan fingerprint density at radius 2 is 1.07 bits per heavy atom.